The molecule has 7 nitrogen and oxygen atoms in total. The summed E-state index contributed by atoms with van der Waals surface area (Å²) in [5.74, 6) is -0.0290. The van der Waals surface area contributed by atoms with Crippen LogP contribution in [0.25, 0.3) is 0 Å². The van der Waals surface area contributed by atoms with Crippen molar-refractivity contribution in [2.75, 3.05) is 24.7 Å². The van der Waals surface area contributed by atoms with Crippen LogP contribution in [0.1, 0.15) is 51.2 Å². The number of hydrogen-bond acceptors (Lipinski definition) is 6. The van der Waals surface area contributed by atoms with E-state index in [4.69, 9.17) is 9.47 Å². The topological polar surface area (TPSA) is 90.0 Å². The molecule has 0 saturated carbocycles. The lowest BCUT2D eigenvalue weighted by Crippen LogP contribution is -2.46. The first kappa shape index (κ1) is 23.2. The minimum Gasteiger partial charge on any atom is -0.482 e. The molecule has 2 rings (SSSR count). The number of aryl methyl sites for hydroxylation is 1. The average Bonchev–Trinajstić information content (AvgIpc) is 2.99. The summed E-state index contributed by atoms with van der Waals surface area (Å²) < 4.78 is 34.1. The van der Waals surface area contributed by atoms with Gasteiger partial charge in [0.1, 0.15) is 5.75 Å². The van der Waals surface area contributed by atoms with Crippen molar-refractivity contribution in [2.24, 2.45) is 0 Å². The van der Waals surface area contributed by atoms with Gasteiger partial charge in [-0.15, -0.1) is 0 Å². The van der Waals surface area contributed by atoms with Crippen LogP contribution in [0, 0.1) is 6.92 Å². The molecule has 1 aromatic carbocycles. The quantitative estimate of drug-likeness (QED) is 0.595. The molecule has 0 spiro atoms. The van der Waals surface area contributed by atoms with Crippen LogP contribution in [0.5, 0.6) is 5.75 Å². The number of sulfone groups is 1. The van der Waals surface area contributed by atoms with Crippen LogP contribution in [0.15, 0.2) is 18.2 Å². The van der Waals surface area contributed by atoms with Crippen molar-refractivity contribution in [3.8, 4) is 5.75 Å². The Labute approximate surface area is 173 Å². The van der Waals surface area contributed by atoms with Crippen molar-refractivity contribution in [1.29, 1.82) is 0 Å². The van der Waals surface area contributed by atoms with E-state index in [9.17, 15) is 18.0 Å². The van der Waals surface area contributed by atoms with Crippen LogP contribution in [0.3, 0.4) is 0 Å². The number of carbonyl (C=O) groups is 2. The highest BCUT2D eigenvalue weighted by molar-refractivity contribution is 7.91. The van der Waals surface area contributed by atoms with Gasteiger partial charge in [0.05, 0.1) is 11.5 Å². The molecule has 0 aliphatic carbocycles. The Hall–Kier alpha value is -2.09. The minimum atomic E-state index is -3.11. The second-order valence-electron chi connectivity index (χ2n) is 7.77. The van der Waals surface area contributed by atoms with Gasteiger partial charge < -0.3 is 14.4 Å². The summed E-state index contributed by atoms with van der Waals surface area (Å²) in [5.41, 5.74) is 2.30. The average molecular weight is 426 g/mol. The van der Waals surface area contributed by atoms with Crippen molar-refractivity contribution in [3.05, 3.63) is 29.3 Å². The number of carbonyl (C=O) groups excluding carboxylic acids is 2. The fourth-order valence-corrected chi connectivity index (χ4v) is 5.39. The Morgan fingerprint density at radius 2 is 1.93 bits per heavy atom. The van der Waals surface area contributed by atoms with Crippen molar-refractivity contribution in [2.45, 2.75) is 59.1 Å². The van der Waals surface area contributed by atoms with Gasteiger partial charge in [0, 0.05) is 12.6 Å². The zero-order valence-corrected chi connectivity index (χ0v) is 18.6. The van der Waals surface area contributed by atoms with Crippen LogP contribution in [-0.4, -0.2) is 62.0 Å². The summed E-state index contributed by atoms with van der Waals surface area (Å²) in [6, 6.07) is 5.29. The molecule has 0 aromatic heterocycles. The monoisotopic (exact) mass is 425 g/mol. The molecular weight excluding hydrogens is 394 g/mol. The van der Waals surface area contributed by atoms with Gasteiger partial charge in [-0.1, -0.05) is 19.9 Å². The highest BCUT2D eigenvalue weighted by Crippen LogP contribution is 2.23. The van der Waals surface area contributed by atoms with E-state index in [1.54, 1.807) is 6.92 Å². The van der Waals surface area contributed by atoms with Crippen LogP contribution in [0.2, 0.25) is 0 Å². The fraction of sp³-hybridized carbons (Fsp3) is 0.619. The van der Waals surface area contributed by atoms with Gasteiger partial charge in [0.25, 0.3) is 5.91 Å². The van der Waals surface area contributed by atoms with E-state index in [2.05, 4.69) is 13.8 Å². The summed E-state index contributed by atoms with van der Waals surface area (Å²) in [6.45, 7) is 9.54. The molecule has 8 heteroatoms. The number of nitrogens with zero attached hydrogens (tertiary/aromatic N) is 1. The Kier molecular flexibility index (Phi) is 7.68. The third kappa shape index (κ3) is 6.19. The van der Waals surface area contributed by atoms with Crippen LogP contribution in [-0.2, 0) is 24.2 Å². The van der Waals surface area contributed by atoms with Crippen LogP contribution < -0.4 is 4.74 Å². The van der Waals surface area contributed by atoms with Gasteiger partial charge in [-0.3, -0.25) is 4.79 Å². The molecule has 0 radical (unpaired) electrons. The summed E-state index contributed by atoms with van der Waals surface area (Å²) in [7, 11) is -3.11. The molecule has 1 aromatic rings. The van der Waals surface area contributed by atoms with E-state index >= 15 is 0 Å². The maximum atomic E-state index is 12.6. The Balaban J connectivity index is 1.89. The number of benzene rings is 1. The Bertz CT molecular complexity index is 849. The van der Waals surface area contributed by atoms with E-state index in [1.165, 1.54) is 17.4 Å². The molecular formula is C21H31NO6S. The second-order valence-corrected chi connectivity index (χ2v) is 10.0. The van der Waals surface area contributed by atoms with E-state index in [1.807, 2.05) is 25.1 Å². The number of rotatable bonds is 8. The number of ether oxygens (including phenoxy) is 2. The van der Waals surface area contributed by atoms with E-state index in [-0.39, 0.29) is 30.1 Å². The Morgan fingerprint density at radius 3 is 2.45 bits per heavy atom. The van der Waals surface area contributed by atoms with E-state index < -0.39 is 21.9 Å². The summed E-state index contributed by atoms with van der Waals surface area (Å²) in [5, 5.41) is 0. The second kappa shape index (κ2) is 9.61. The molecule has 162 valence electrons. The minimum absolute atomic E-state index is 0.0396. The molecule has 1 aliphatic heterocycles. The lowest BCUT2D eigenvalue weighted by atomic mass is 9.98. The van der Waals surface area contributed by atoms with Gasteiger partial charge >= 0.3 is 5.97 Å². The lowest BCUT2D eigenvalue weighted by Gasteiger charge is -2.29. The van der Waals surface area contributed by atoms with E-state index in [0.29, 0.717) is 24.6 Å². The van der Waals surface area contributed by atoms with Gasteiger partial charge in [0.2, 0.25) is 0 Å². The zero-order chi connectivity index (χ0) is 21.8. The first-order valence-corrected chi connectivity index (χ1v) is 11.8. The molecule has 29 heavy (non-hydrogen) atoms. The largest absolute Gasteiger partial charge is 0.482 e. The Morgan fingerprint density at radius 1 is 1.24 bits per heavy atom. The summed E-state index contributed by atoms with van der Waals surface area (Å²) in [4.78, 5) is 26.2. The normalized spacial score (nSPS) is 19.0. The first-order chi connectivity index (χ1) is 13.5. The molecule has 1 aliphatic rings. The van der Waals surface area contributed by atoms with Crippen molar-refractivity contribution in [3.63, 3.8) is 0 Å². The van der Waals surface area contributed by atoms with Crippen molar-refractivity contribution >= 4 is 21.7 Å². The molecule has 1 fully saturated rings. The van der Waals surface area contributed by atoms with E-state index in [0.717, 1.165) is 5.56 Å². The SMILES string of the molecule is CCN(C(=O)[C@H](C)OC(=O)COc1ccc(C(C)C)c(C)c1)[C@@H]1CCS(=O)(=O)C1. The molecule has 0 unspecified atom stereocenters. The molecule has 1 saturated heterocycles. The maximum absolute atomic E-state index is 12.6. The van der Waals surface area contributed by atoms with Crippen molar-refractivity contribution < 1.29 is 27.5 Å². The molecule has 1 heterocycles. The molecule has 0 bridgehead atoms. The molecule has 1 amide bonds. The summed E-state index contributed by atoms with van der Waals surface area (Å²) >= 11 is 0. The van der Waals surface area contributed by atoms with Gasteiger partial charge in [-0.25, -0.2) is 13.2 Å². The number of likely N-dealkylation sites (N-methyl/N-ethyl adjacent to an activating group) is 1. The standard InChI is InChI=1S/C21H31NO6S/c1-6-22(17-9-10-29(25,26)13-17)21(24)16(5)28-20(23)12-27-18-7-8-19(14(2)3)15(4)11-18/h7-8,11,14,16-17H,6,9-10,12-13H2,1-5H3/t16-,17+/m0/s1. The fourth-order valence-electron chi connectivity index (χ4n) is 3.66. The van der Waals surface area contributed by atoms with Crippen molar-refractivity contribution in [1.82, 2.24) is 4.90 Å². The molecule has 0 N–H and O–H groups in total. The highest BCUT2D eigenvalue weighted by atomic mass is 32.2. The van der Waals surface area contributed by atoms with Gasteiger partial charge in [-0.2, -0.15) is 0 Å². The number of amides is 1. The lowest BCUT2D eigenvalue weighted by molar-refractivity contribution is -0.161. The third-order valence-corrected chi connectivity index (χ3v) is 6.90. The van der Waals surface area contributed by atoms with Gasteiger partial charge in [-0.05, 0) is 56.4 Å². The highest BCUT2D eigenvalue weighted by Gasteiger charge is 2.36. The predicted molar refractivity (Wildman–Crippen MR) is 111 cm³/mol. The third-order valence-electron chi connectivity index (χ3n) is 5.15. The molecule has 2 atom stereocenters. The van der Waals surface area contributed by atoms with Crippen LogP contribution in [0.4, 0.5) is 0 Å². The predicted octanol–water partition coefficient (Wildman–Crippen LogP) is 2.46. The maximum Gasteiger partial charge on any atom is 0.344 e. The zero-order valence-electron chi connectivity index (χ0n) is 17.8. The van der Waals surface area contributed by atoms with Crippen LogP contribution >= 0.6 is 0 Å². The number of hydrogen-bond donors (Lipinski definition) is 0. The first-order valence-electron chi connectivity index (χ1n) is 9.97. The number of esters is 1. The summed E-state index contributed by atoms with van der Waals surface area (Å²) in [6.07, 6.45) is -0.586. The van der Waals surface area contributed by atoms with Gasteiger partial charge in [0.15, 0.2) is 22.5 Å². The smallest absolute Gasteiger partial charge is 0.344 e.